The van der Waals surface area contributed by atoms with Crippen LogP contribution in [-0.4, -0.2) is 63.7 Å². The first kappa shape index (κ1) is 24.2. The number of nitrogens with two attached hydrogens (primary N) is 1. The molecule has 0 radical (unpaired) electrons. The maximum atomic E-state index is 12.7. The van der Waals surface area contributed by atoms with E-state index in [9.17, 15) is 19.2 Å². The summed E-state index contributed by atoms with van der Waals surface area (Å²) in [4.78, 5) is 51.5. The molecule has 4 unspecified atom stereocenters. The fraction of sp³-hybridized carbons (Fsp3) is 0.400. The average Bonchev–Trinajstić information content (AvgIpc) is 3.15. The summed E-state index contributed by atoms with van der Waals surface area (Å²) in [6, 6.07) is 3.42. The number of thiol groups is 1. The van der Waals surface area contributed by atoms with E-state index in [2.05, 4.69) is 33.6 Å². The Bertz CT molecular complexity index is 962. The average molecular weight is 450 g/mol. The molecule has 2 aromatic rings. The molecule has 11 heteroatoms. The molecule has 2 rings (SSSR count). The summed E-state index contributed by atoms with van der Waals surface area (Å²) in [5.41, 5.74) is 7.23. The van der Waals surface area contributed by atoms with Crippen molar-refractivity contribution in [1.29, 1.82) is 0 Å². The van der Waals surface area contributed by atoms with Crippen molar-refractivity contribution in [2.75, 3.05) is 5.75 Å². The van der Waals surface area contributed by atoms with Crippen LogP contribution < -0.4 is 21.7 Å². The van der Waals surface area contributed by atoms with Gasteiger partial charge in [0.1, 0.15) is 18.1 Å². The lowest BCUT2D eigenvalue weighted by atomic mass is 10.0. The van der Waals surface area contributed by atoms with Gasteiger partial charge in [-0.3, -0.25) is 19.2 Å². The summed E-state index contributed by atoms with van der Waals surface area (Å²) in [6.45, 7) is 2.78. The normalized spacial score (nSPS) is 14.8. The third kappa shape index (κ3) is 6.46. The minimum absolute atomic E-state index is 0.110. The zero-order valence-electron chi connectivity index (χ0n) is 17.2. The van der Waals surface area contributed by atoms with Crippen molar-refractivity contribution in [1.82, 2.24) is 20.9 Å². The Labute approximate surface area is 184 Å². The highest BCUT2D eigenvalue weighted by Gasteiger charge is 2.28. The lowest BCUT2D eigenvalue weighted by Gasteiger charge is -2.23. The highest BCUT2D eigenvalue weighted by molar-refractivity contribution is 7.80. The second-order valence-electron chi connectivity index (χ2n) is 7.21. The summed E-state index contributed by atoms with van der Waals surface area (Å²) >= 11 is 3.95. The van der Waals surface area contributed by atoms with Crippen LogP contribution in [0.25, 0.3) is 10.9 Å². The van der Waals surface area contributed by atoms with Gasteiger partial charge in [-0.05, 0) is 25.5 Å². The smallest absolute Gasteiger partial charge is 0.325 e. The topological polar surface area (TPSA) is 166 Å². The number of aromatic amines is 1. The molecule has 1 aromatic carbocycles. The van der Waals surface area contributed by atoms with Gasteiger partial charge in [-0.1, -0.05) is 18.2 Å². The number of nitrogens with one attached hydrogen (secondary N) is 4. The van der Waals surface area contributed by atoms with Crippen molar-refractivity contribution in [2.45, 2.75) is 44.4 Å². The molecule has 0 saturated carbocycles. The monoisotopic (exact) mass is 449 g/mol. The van der Waals surface area contributed by atoms with Gasteiger partial charge in [-0.2, -0.15) is 12.6 Å². The van der Waals surface area contributed by atoms with Crippen LogP contribution in [0.3, 0.4) is 0 Å². The Kier molecular flexibility index (Phi) is 8.46. The summed E-state index contributed by atoms with van der Waals surface area (Å²) in [6.07, 6.45) is 1.85. The van der Waals surface area contributed by atoms with Gasteiger partial charge in [-0.15, -0.1) is 0 Å². The van der Waals surface area contributed by atoms with Gasteiger partial charge in [0.2, 0.25) is 17.7 Å². The van der Waals surface area contributed by atoms with E-state index in [-0.39, 0.29) is 12.2 Å². The number of carboxylic acids is 1. The van der Waals surface area contributed by atoms with Crippen LogP contribution in [0.5, 0.6) is 0 Å². The number of fused-ring (bicyclic) bond motifs is 1. The van der Waals surface area contributed by atoms with Gasteiger partial charge in [0.05, 0.1) is 6.04 Å². The van der Waals surface area contributed by atoms with Crippen LogP contribution >= 0.6 is 12.6 Å². The van der Waals surface area contributed by atoms with Gasteiger partial charge in [0, 0.05) is 29.3 Å². The van der Waals surface area contributed by atoms with Gasteiger partial charge in [-0.25, -0.2) is 0 Å². The molecule has 0 saturated heterocycles. The minimum atomic E-state index is -1.20. The van der Waals surface area contributed by atoms with Gasteiger partial charge in [0.25, 0.3) is 0 Å². The number of para-hydroxylation sites is 1. The number of carbonyl (C=O) groups is 4. The van der Waals surface area contributed by atoms with Gasteiger partial charge >= 0.3 is 5.97 Å². The van der Waals surface area contributed by atoms with Gasteiger partial charge < -0.3 is 31.8 Å². The van der Waals surface area contributed by atoms with Crippen molar-refractivity contribution in [2.24, 2.45) is 5.73 Å². The predicted octanol–water partition coefficient (Wildman–Crippen LogP) is -0.454. The summed E-state index contributed by atoms with van der Waals surface area (Å²) in [7, 11) is 0. The molecule has 168 valence electrons. The Hall–Kier alpha value is -3.05. The highest BCUT2D eigenvalue weighted by Crippen LogP contribution is 2.19. The number of amides is 3. The Morgan fingerprint density at radius 1 is 1.03 bits per heavy atom. The molecule has 0 aliphatic heterocycles. The zero-order chi connectivity index (χ0) is 23.1. The fourth-order valence-electron chi connectivity index (χ4n) is 2.87. The molecule has 1 aromatic heterocycles. The third-order valence-corrected chi connectivity index (χ3v) is 5.14. The first-order valence-corrected chi connectivity index (χ1v) is 10.3. The SMILES string of the molecule is CC(NC(=O)C(Cc1c[nH]c2ccccc12)NC(=O)C(C)NC(=O)C(N)CS)C(=O)O. The van der Waals surface area contributed by atoms with E-state index in [1.165, 1.54) is 13.8 Å². The number of H-pyrrole nitrogens is 1. The fourth-order valence-corrected chi connectivity index (χ4v) is 3.04. The number of carbonyl (C=O) groups excluding carboxylic acids is 3. The van der Waals surface area contributed by atoms with Crippen LogP contribution in [-0.2, 0) is 25.6 Å². The second kappa shape index (κ2) is 10.8. The number of rotatable bonds is 10. The number of carboxylic acid groups (broad SMARTS) is 1. The van der Waals surface area contributed by atoms with Crippen LogP contribution in [0.15, 0.2) is 30.5 Å². The number of aromatic nitrogens is 1. The molecule has 3 amide bonds. The van der Waals surface area contributed by atoms with E-state index in [4.69, 9.17) is 10.8 Å². The maximum absolute atomic E-state index is 12.7. The van der Waals surface area contributed by atoms with Crippen LogP contribution in [0.2, 0.25) is 0 Å². The largest absolute Gasteiger partial charge is 0.480 e. The van der Waals surface area contributed by atoms with Crippen molar-refractivity contribution in [3.63, 3.8) is 0 Å². The van der Waals surface area contributed by atoms with Crippen LogP contribution in [0.1, 0.15) is 19.4 Å². The summed E-state index contributed by atoms with van der Waals surface area (Å²) in [5, 5.41) is 17.4. The van der Waals surface area contributed by atoms with Crippen molar-refractivity contribution in [3.05, 3.63) is 36.0 Å². The number of hydrogen-bond donors (Lipinski definition) is 7. The summed E-state index contributed by atoms with van der Waals surface area (Å²) < 4.78 is 0. The molecule has 0 spiro atoms. The molecule has 1 heterocycles. The standard InChI is InChI=1S/C20H27N5O5S/c1-10(23-18(27)14(21)9-31)17(26)25-16(19(28)24-11(2)20(29)30)7-12-8-22-15-6-4-3-5-13(12)15/h3-6,8,10-11,14,16,22,31H,7,9,21H2,1-2H3,(H,23,27)(H,24,28)(H,25,26)(H,29,30). The molecule has 31 heavy (non-hydrogen) atoms. The lowest BCUT2D eigenvalue weighted by Crippen LogP contribution is -2.56. The molecule has 4 atom stereocenters. The molecular weight excluding hydrogens is 422 g/mol. The quantitative estimate of drug-likeness (QED) is 0.243. The van der Waals surface area contributed by atoms with E-state index in [1.54, 1.807) is 6.20 Å². The second-order valence-corrected chi connectivity index (χ2v) is 7.58. The van der Waals surface area contributed by atoms with Crippen molar-refractivity contribution in [3.8, 4) is 0 Å². The molecule has 7 N–H and O–H groups in total. The molecule has 0 aliphatic carbocycles. The zero-order valence-corrected chi connectivity index (χ0v) is 18.1. The maximum Gasteiger partial charge on any atom is 0.325 e. The number of hydrogen-bond acceptors (Lipinski definition) is 6. The van der Waals surface area contributed by atoms with E-state index in [0.29, 0.717) is 0 Å². The Balaban J connectivity index is 2.18. The van der Waals surface area contributed by atoms with E-state index < -0.39 is 47.9 Å². The van der Waals surface area contributed by atoms with Crippen molar-refractivity contribution < 1.29 is 24.3 Å². The van der Waals surface area contributed by atoms with Crippen LogP contribution in [0, 0.1) is 0 Å². The Morgan fingerprint density at radius 2 is 1.68 bits per heavy atom. The first-order chi connectivity index (χ1) is 14.6. The van der Waals surface area contributed by atoms with Crippen LogP contribution in [0.4, 0.5) is 0 Å². The lowest BCUT2D eigenvalue weighted by molar-refractivity contribution is -0.141. The molecule has 0 fully saturated rings. The molecule has 10 nitrogen and oxygen atoms in total. The first-order valence-electron chi connectivity index (χ1n) is 9.69. The highest BCUT2D eigenvalue weighted by atomic mass is 32.1. The van der Waals surface area contributed by atoms with E-state index in [1.807, 2.05) is 24.3 Å². The summed E-state index contributed by atoms with van der Waals surface area (Å²) in [5.74, 6) is -2.90. The van der Waals surface area contributed by atoms with E-state index >= 15 is 0 Å². The molecule has 0 aliphatic rings. The number of benzene rings is 1. The van der Waals surface area contributed by atoms with Crippen molar-refractivity contribution >= 4 is 47.2 Å². The minimum Gasteiger partial charge on any atom is -0.480 e. The molecular formula is C20H27N5O5S. The van der Waals surface area contributed by atoms with E-state index in [0.717, 1.165) is 16.5 Å². The third-order valence-electron chi connectivity index (χ3n) is 4.75. The Morgan fingerprint density at radius 3 is 2.32 bits per heavy atom. The van der Waals surface area contributed by atoms with Gasteiger partial charge in [0.15, 0.2) is 0 Å². The predicted molar refractivity (Wildman–Crippen MR) is 119 cm³/mol. The molecule has 0 bridgehead atoms. The number of aliphatic carboxylic acids is 1.